The predicted octanol–water partition coefficient (Wildman–Crippen LogP) is 2.43. The van der Waals surface area contributed by atoms with E-state index < -0.39 is 0 Å². The van der Waals surface area contributed by atoms with Gasteiger partial charge >= 0.3 is 0 Å². The van der Waals surface area contributed by atoms with E-state index in [1.807, 2.05) is 11.0 Å². The van der Waals surface area contributed by atoms with Gasteiger partial charge in [0, 0.05) is 38.1 Å². The third kappa shape index (κ3) is 3.42. The topological polar surface area (TPSA) is 46.3 Å². The van der Waals surface area contributed by atoms with Crippen LogP contribution in [0.4, 0.5) is 0 Å². The van der Waals surface area contributed by atoms with Crippen molar-refractivity contribution >= 4 is 18.1 Å². The van der Waals surface area contributed by atoms with E-state index >= 15 is 0 Å². The summed E-state index contributed by atoms with van der Waals surface area (Å²) in [6.07, 6.45) is 10.2. The van der Waals surface area contributed by atoms with Crippen molar-refractivity contribution in [2.45, 2.75) is 57.7 Å². The summed E-state index contributed by atoms with van der Waals surface area (Å²) in [6, 6.07) is 0.580. The SMILES string of the molecule is O=C(C1CCCCC1)N1CCN(Cn2ncn(C3CC3)c2=S)CC1. The van der Waals surface area contributed by atoms with E-state index in [0.29, 0.717) is 11.9 Å². The lowest BCUT2D eigenvalue weighted by atomic mass is 9.88. The predicted molar refractivity (Wildman–Crippen MR) is 94.1 cm³/mol. The van der Waals surface area contributed by atoms with Crippen LogP contribution < -0.4 is 0 Å². The summed E-state index contributed by atoms with van der Waals surface area (Å²) in [6.45, 7) is 4.25. The number of hydrogen-bond donors (Lipinski definition) is 0. The first kappa shape index (κ1) is 16.3. The molecule has 0 radical (unpaired) electrons. The molecule has 3 aliphatic rings. The van der Waals surface area contributed by atoms with Gasteiger partial charge in [-0.15, -0.1) is 0 Å². The highest BCUT2D eigenvalue weighted by molar-refractivity contribution is 7.71. The fraction of sp³-hybridized carbons (Fsp3) is 0.824. The van der Waals surface area contributed by atoms with E-state index in [1.54, 1.807) is 0 Å². The largest absolute Gasteiger partial charge is 0.340 e. The highest BCUT2D eigenvalue weighted by atomic mass is 32.1. The summed E-state index contributed by atoms with van der Waals surface area (Å²) in [4.78, 5) is 17.1. The van der Waals surface area contributed by atoms with Crippen LogP contribution in [0, 0.1) is 10.7 Å². The van der Waals surface area contributed by atoms with Gasteiger partial charge in [-0.3, -0.25) is 9.69 Å². The van der Waals surface area contributed by atoms with E-state index in [1.165, 1.54) is 32.1 Å². The van der Waals surface area contributed by atoms with Gasteiger partial charge in [0.2, 0.25) is 5.91 Å². The number of hydrogen-bond acceptors (Lipinski definition) is 4. The van der Waals surface area contributed by atoms with Crippen LogP contribution in [0.2, 0.25) is 0 Å². The van der Waals surface area contributed by atoms with Crippen LogP contribution in [-0.2, 0) is 11.5 Å². The van der Waals surface area contributed by atoms with Crippen molar-refractivity contribution in [2.24, 2.45) is 5.92 Å². The summed E-state index contributed by atoms with van der Waals surface area (Å²) in [5, 5.41) is 4.45. The van der Waals surface area contributed by atoms with Crippen molar-refractivity contribution < 1.29 is 4.79 Å². The van der Waals surface area contributed by atoms with Crippen LogP contribution in [0.5, 0.6) is 0 Å². The molecule has 1 aromatic heterocycles. The molecular formula is C17H27N5OS. The second-order valence-electron chi connectivity index (χ2n) is 7.47. The molecule has 6 nitrogen and oxygen atoms in total. The third-order valence-electron chi connectivity index (χ3n) is 5.67. The molecule has 0 atom stereocenters. The zero-order valence-corrected chi connectivity index (χ0v) is 15.1. The van der Waals surface area contributed by atoms with Gasteiger partial charge in [0.25, 0.3) is 0 Å². The number of carbonyl (C=O) groups is 1. The van der Waals surface area contributed by atoms with E-state index in [0.717, 1.165) is 50.5 Å². The third-order valence-corrected chi connectivity index (χ3v) is 6.09. The normalized spacial score (nSPS) is 23.6. The standard InChI is InChI=1S/C17H27N5OS/c23-16(14-4-2-1-3-5-14)20-10-8-19(9-11-20)13-22-17(24)21(12-18-22)15-6-7-15/h12,14-15H,1-11,13H2. The first-order valence-corrected chi connectivity index (χ1v) is 9.78. The van der Waals surface area contributed by atoms with Crippen LogP contribution in [0.15, 0.2) is 6.33 Å². The Balaban J connectivity index is 1.29. The highest BCUT2D eigenvalue weighted by Crippen LogP contribution is 2.34. The Labute approximate surface area is 148 Å². The number of piperazine rings is 1. The van der Waals surface area contributed by atoms with Gasteiger partial charge in [-0.2, -0.15) is 5.10 Å². The maximum absolute atomic E-state index is 12.6. The van der Waals surface area contributed by atoms with Crippen molar-refractivity contribution in [1.82, 2.24) is 24.1 Å². The molecule has 3 fully saturated rings. The van der Waals surface area contributed by atoms with Gasteiger partial charge in [-0.1, -0.05) is 19.3 Å². The average molecular weight is 350 g/mol. The molecule has 1 aromatic rings. The van der Waals surface area contributed by atoms with Gasteiger partial charge < -0.3 is 9.47 Å². The number of carbonyl (C=O) groups excluding carboxylic acids is 1. The average Bonchev–Trinajstić information content (AvgIpc) is 3.41. The lowest BCUT2D eigenvalue weighted by Gasteiger charge is -2.36. The Kier molecular flexibility index (Phi) is 4.72. The molecule has 2 aliphatic carbocycles. The van der Waals surface area contributed by atoms with Gasteiger partial charge in [0.05, 0.1) is 6.67 Å². The minimum atomic E-state index is 0.285. The van der Waals surface area contributed by atoms with E-state index in [9.17, 15) is 4.79 Å². The molecule has 1 amide bonds. The molecule has 1 aliphatic heterocycles. The van der Waals surface area contributed by atoms with Gasteiger partial charge in [0.15, 0.2) is 4.77 Å². The molecular weight excluding hydrogens is 322 g/mol. The number of aromatic nitrogens is 3. The van der Waals surface area contributed by atoms with Gasteiger partial charge in [0.1, 0.15) is 6.33 Å². The summed E-state index contributed by atoms with van der Waals surface area (Å²) < 4.78 is 4.88. The van der Waals surface area contributed by atoms with Crippen molar-refractivity contribution in [3.8, 4) is 0 Å². The Hall–Kier alpha value is -1.21. The van der Waals surface area contributed by atoms with Crippen molar-refractivity contribution in [2.75, 3.05) is 26.2 Å². The second kappa shape index (κ2) is 6.96. The molecule has 1 saturated heterocycles. The monoisotopic (exact) mass is 349 g/mol. The maximum atomic E-state index is 12.6. The molecule has 132 valence electrons. The Bertz CT molecular complexity index is 636. The fourth-order valence-electron chi connectivity index (χ4n) is 3.96. The molecule has 0 N–H and O–H groups in total. The smallest absolute Gasteiger partial charge is 0.225 e. The van der Waals surface area contributed by atoms with E-state index in [2.05, 4.69) is 19.5 Å². The van der Waals surface area contributed by atoms with Gasteiger partial charge in [-0.25, -0.2) is 4.68 Å². The molecule has 0 bridgehead atoms. The second-order valence-corrected chi connectivity index (χ2v) is 7.84. The molecule has 2 saturated carbocycles. The minimum Gasteiger partial charge on any atom is -0.340 e. The molecule has 24 heavy (non-hydrogen) atoms. The zero-order valence-electron chi connectivity index (χ0n) is 14.3. The minimum absolute atomic E-state index is 0.285. The highest BCUT2D eigenvalue weighted by Gasteiger charge is 2.29. The van der Waals surface area contributed by atoms with Crippen molar-refractivity contribution in [3.05, 3.63) is 11.1 Å². The molecule has 7 heteroatoms. The van der Waals surface area contributed by atoms with Crippen LogP contribution >= 0.6 is 12.2 Å². The van der Waals surface area contributed by atoms with Crippen LogP contribution in [-0.4, -0.2) is 56.2 Å². The van der Waals surface area contributed by atoms with E-state index in [4.69, 9.17) is 12.2 Å². The number of nitrogens with zero attached hydrogens (tertiary/aromatic N) is 5. The molecule has 0 spiro atoms. The van der Waals surface area contributed by atoms with E-state index in [-0.39, 0.29) is 5.92 Å². The summed E-state index contributed by atoms with van der Waals surface area (Å²) in [5.74, 6) is 0.678. The van der Waals surface area contributed by atoms with Crippen LogP contribution in [0.1, 0.15) is 51.0 Å². The van der Waals surface area contributed by atoms with Crippen molar-refractivity contribution in [1.29, 1.82) is 0 Å². The Morgan fingerprint density at radius 2 is 1.79 bits per heavy atom. The first-order valence-electron chi connectivity index (χ1n) is 9.37. The Morgan fingerprint density at radius 1 is 1.08 bits per heavy atom. The lowest BCUT2D eigenvalue weighted by molar-refractivity contribution is -0.138. The summed E-state index contributed by atoms with van der Waals surface area (Å²) in [5.41, 5.74) is 0. The van der Waals surface area contributed by atoms with Crippen LogP contribution in [0.3, 0.4) is 0 Å². The number of amides is 1. The first-order chi connectivity index (χ1) is 11.7. The molecule has 2 heterocycles. The molecule has 0 aromatic carbocycles. The fourth-order valence-corrected chi connectivity index (χ4v) is 4.26. The maximum Gasteiger partial charge on any atom is 0.225 e. The molecule has 0 unspecified atom stereocenters. The lowest BCUT2D eigenvalue weighted by Crippen LogP contribution is -2.50. The Morgan fingerprint density at radius 3 is 2.46 bits per heavy atom. The van der Waals surface area contributed by atoms with Gasteiger partial charge in [-0.05, 0) is 37.9 Å². The summed E-state index contributed by atoms with van der Waals surface area (Å²) in [7, 11) is 0. The number of rotatable bonds is 4. The quantitative estimate of drug-likeness (QED) is 0.783. The zero-order chi connectivity index (χ0) is 16.5. The van der Waals surface area contributed by atoms with Crippen molar-refractivity contribution in [3.63, 3.8) is 0 Å². The summed E-state index contributed by atoms with van der Waals surface area (Å²) >= 11 is 5.53. The molecule has 4 rings (SSSR count). The van der Waals surface area contributed by atoms with Crippen LogP contribution in [0.25, 0.3) is 0 Å².